The molecule has 1 heterocycles. The number of rotatable bonds is 1. The number of nitrogens with one attached hydrogen (secondary N) is 1. The van der Waals surface area contributed by atoms with Gasteiger partial charge in [0, 0.05) is 11.4 Å². The SMILES string of the molecule is CCc1nc2c(C)cc(Cl)cc2[nH]1. The minimum absolute atomic E-state index is 0.760. The van der Waals surface area contributed by atoms with Gasteiger partial charge >= 0.3 is 0 Å². The molecule has 0 saturated heterocycles. The van der Waals surface area contributed by atoms with E-state index in [1.54, 1.807) is 0 Å². The zero-order valence-electron chi connectivity index (χ0n) is 7.69. The Hall–Kier alpha value is -1.02. The zero-order valence-corrected chi connectivity index (χ0v) is 8.44. The highest BCUT2D eigenvalue weighted by atomic mass is 35.5. The molecule has 2 nitrogen and oxygen atoms in total. The average Bonchev–Trinajstić information content (AvgIpc) is 2.47. The second-order valence-electron chi connectivity index (χ2n) is 3.16. The van der Waals surface area contributed by atoms with Gasteiger partial charge in [0.2, 0.25) is 0 Å². The maximum absolute atomic E-state index is 5.93. The third-order valence-corrected chi connectivity index (χ3v) is 2.34. The molecular formula is C10H11ClN2. The molecule has 0 bridgehead atoms. The minimum atomic E-state index is 0.760. The van der Waals surface area contributed by atoms with E-state index in [2.05, 4.69) is 16.9 Å². The molecule has 1 N–H and O–H groups in total. The van der Waals surface area contributed by atoms with Crippen molar-refractivity contribution in [3.05, 3.63) is 28.5 Å². The number of nitrogens with zero attached hydrogens (tertiary/aromatic N) is 1. The van der Waals surface area contributed by atoms with Crippen LogP contribution >= 0.6 is 11.6 Å². The molecule has 0 aliphatic carbocycles. The van der Waals surface area contributed by atoms with Gasteiger partial charge in [0.05, 0.1) is 11.0 Å². The van der Waals surface area contributed by atoms with Crippen LogP contribution in [0.1, 0.15) is 18.3 Å². The van der Waals surface area contributed by atoms with Crippen LogP contribution in [0.15, 0.2) is 12.1 Å². The van der Waals surface area contributed by atoms with Crippen LogP contribution in [0.4, 0.5) is 0 Å². The molecule has 68 valence electrons. The summed E-state index contributed by atoms with van der Waals surface area (Å²) in [6.45, 7) is 4.10. The molecule has 0 amide bonds. The summed E-state index contributed by atoms with van der Waals surface area (Å²) in [5, 5.41) is 0.760. The van der Waals surface area contributed by atoms with E-state index in [4.69, 9.17) is 11.6 Å². The van der Waals surface area contributed by atoms with Crippen LogP contribution in [-0.2, 0) is 6.42 Å². The van der Waals surface area contributed by atoms with Crippen molar-refractivity contribution in [1.29, 1.82) is 0 Å². The monoisotopic (exact) mass is 194 g/mol. The smallest absolute Gasteiger partial charge is 0.106 e. The van der Waals surface area contributed by atoms with E-state index in [1.807, 2.05) is 19.1 Å². The Morgan fingerprint density at radius 1 is 1.46 bits per heavy atom. The molecule has 0 atom stereocenters. The average molecular weight is 195 g/mol. The van der Waals surface area contributed by atoms with Crippen molar-refractivity contribution >= 4 is 22.6 Å². The quantitative estimate of drug-likeness (QED) is 0.743. The first-order valence-corrected chi connectivity index (χ1v) is 4.73. The van der Waals surface area contributed by atoms with Crippen LogP contribution in [0.5, 0.6) is 0 Å². The van der Waals surface area contributed by atoms with Gasteiger partial charge in [0.1, 0.15) is 5.82 Å². The summed E-state index contributed by atoms with van der Waals surface area (Å²) in [4.78, 5) is 7.69. The van der Waals surface area contributed by atoms with Gasteiger partial charge < -0.3 is 4.98 Å². The number of aromatic nitrogens is 2. The van der Waals surface area contributed by atoms with Gasteiger partial charge in [0.15, 0.2) is 0 Å². The largest absolute Gasteiger partial charge is 0.342 e. The molecule has 2 aromatic rings. The molecule has 2 rings (SSSR count). The molecule has 0 fully saturated rings. The van der Waals surface area contributed by atoms with E-state index in [9.17, 15) is 0 Å². The van der Waals surface area contributed by atoms with Crippen LogP contribution < -0.4 is 0 Å². The molecule has 1 aromatic carbocycles. The summed E-state index contributed by atoms with van der Waals surface area (Å²) in [5.74, 6) is 1.01. The summed E-state index contributed by atoms with van der Waals surface area (Å²) in [7, 11) is 0. The number of aryl methyl sites for hydroxylation is 2. The molecule has 0 unspecified atom stereocenters. The van der Waals surface area contributed by atoms with Crippen molar-refractivity contribution < 1.29 is 0 Å². The fourth-order valence-electron chi connectivity index (χ4n) is 1.47. The number of benzene rings is 1. The van der Waals surface area contributed by atoms with Gasteiger partial charge in [-0.2, -0.15) is 0 Å². The lowest BCUT2D eigenvalue weighted by molar-refractivity contribution is 1.000. The highest BCUT2D eigenvalue weighted by Crippen LogP contribution is 2.21. The summed E-state index contributed by atoms with van der Waals surface area (Å²) in [6, 6.07) is 3.85. The molecule has 0 saturated carbocycles. The molecule has 0 radical (unpaired) electrons. The van der Waals surface area contributed by atoms with E-state index in [0.717, 1.165) is 33.9 Å². The summed E-state index contributed by atoms with van der Waals surface area (Å²) in [5.41, 5.74) is 3.18. The normalized spacial score (nSPS) is 11.0. The third kappa shape index (κ3) is 1.42. The molecule has 0 spiro atoms. The molecule has 3 heteroatoms. The molecular weight excluding hydrogens is 184 g/mol. The molecule has 0 aliphatic rings. The topological polar surface area (TPSA) is 28.7 Å². The second-order valence-corrected chi connectivity index (χ2v) is 3.59. The van der Waals surface area contributed by atoms with Crippen molar-refractivity contribution in [2.45, 2.75) is 20.3 Å². The first-order valence-electron chi connectivity index (χ1n) is 4.35. The predicted octanol–water partition coefficient (Wildman–Crippen LogP) is 3.09. The lowest BCUT2D eigenvalue weighted by atomic mass is 10.2. The Bertz CT molecular complexity index is 445. The van der Waals surface area contributed by atoms with Crippen LogP contribution in [0.25, 0.3) is 11.0 Å². The lowest BCUT2D eigenvalue weighted by Crippen LogP contribution is -1.80. The van der Waals surface area contributed by atoms with Crippen molar-refractivity contribution in [3.8, 4) is 0 Å². The fraction of sp³-hybridized carbons (Fsp3) is 0.300. The summed E-state index contributed by atoms with van der Waals surface area (Å²) < 4.78 is 0. The summed E-state index contributed by atoms with van der Waals surface area (Å²) in [6.07, 6.45) is 0.922. The van der Waals surface area contributed by atoms with Crippen molar-refractivity contribution in [3.63, 3.8) is 0 Å². The van der Waals surface area contributed by atoms with Crippen molar-refractivity contribution in [2.24, 2.45) is 0 Å². The number of hydrogen-bond donors (Lipinski definition) is 1. The highest BCUT2D eigenvalue weighted by Gasteiger charge is 2.04. The first-order chi connectivity index (χ1) is 6.20. The van der Waals surface area contributed by atoms with Crippen LogP contribution in [0, 0.1) is 6.92 Å². The third-order valence-electron chi connectivity index (χ3n) is 2.13. The van der Waals surface area contributed by atoms with Crippen molar-refractivity contribution in [2.75, 3.05) is 0 Å². The van der Waals surface area contributed by atoms with Gasteiger partial charge in [-0.15, -0.1) is 0 Å². The maximum Gasteiger partial charge on any atom is 0.106 e. The number of imidazole rings is 1. The van der Waals surface area contributed by atoms with Gasteiger partial charge in [-0.3, -0.25) is 0 Å². The van der Waals surface area contributed by atoms with Gasteiger partial charge in [-0.25, -0.2) is 4.98 Å². The van der Waals surface area contributed by atoms with E-state index < -0.39 is 0 Å². The Balaban J connectivity index is 2.75. The predicted molar refractivity (Wildman–Crippen MR) is 55.2 cm³/mol. The van der Waals surface area contributed by atoms with Gasteiger partial charge in [-0.05, 0) is 24.6 Å². The molecule has 1 aromatic heterocycles. The van der Waals surface area contributed by atoms with Crippen LogP contribution in [-0.4, -0.2) is 9.97 Å². The first kappa shape index (κ1) is 8.57. The van der Waals surface area contributed by atoms with Gasteiger partial charge in [-0.1, -0.05) is 18.5 Å². The molecule has 13 heavy (non-hydrogen) atoms. The molecule has 0 aliphatic heterocycles. The van der Waals surface area contributed by atoms with E-state index in [-0.39, 0.29) is 0 Å². The Kier molecular flexibility index (Phi) is 2.00. The number of halogens is 1. The maximum atomic E-state index is 5.93. The minimum Gasteiger partial charge on any atom is -0.342 e. The Labute approximate surface area is 81.9 Å². The fourth-order valence-corrected chi connectivity index (χ4v) is 1.74. The highest BCUT2D eigenvalue weighted by molar-refractivity contribution is 6.31. The Morgan fingerprint density at radius 3 is 2.92 bits per heavy atom. The van der Waals surface area contributed by atoms with E-state index >= 15 is 0 Å². The number of H-pyrrole nitrogens is 1. The van der Waals surface area contributed by atoms with Crippen molar-refractivity contribution in [1.82, 2.24) is 9.97 Å². The number of hydrogen-bond acceptors (Lipinski definition) is 1. The van der Waals surface area contributed by atoms with E-state index in [1.165, 1.54) is 0 Å². The lowest BCUT2D eigenvalue weighted by Gasteiger charge is -1.94. The van der Waals surface area contributed by atoms with Gasteiger partial charge in [0.25, 0.3) is 0 Å². The van der Waals surface area contributed by atoms with E-state index in [0.29, 0.717) is 0 Å². The Morgan fingerprint density at radius 2 is 2.23 bits per heavy atom. The van der Waals surface area contributed by atoms with Crippen LogP contribution in [0.2, 0.25) is 5.02 Å². The standard InChI is InChI=1S/C10H11ClN2/c1-3-9-12-8-5-7(11)4-6(2)10(8)13-9/h4-5H,3H2,1-2H3,(H,12,13). The number of fused-ring (bicyclic) bond motifs is 1. The number of aromatic amines is 1. The summed E-state index contributed by atoms with van der Waals surface area (Å²) >= 11 is 5.93. The second kappa shape index (κ2) is 3.04. The zero-order chi connectivity index (χ0) is 9.42. The van der Waals surface area contributed by atoms with Crippen LogP contribution in [0.3, 0.4) is 0 Å².